The number of fused-ring (bicyclic) bond motifs is 1. The maximum Gasteiger partial charge on any atom is 0.341 e. The summed E-state index contributed by atoms with van der Waals surface area (Å²) in [5, 5.41) is 0. The first-order valence-corrected chi connectivity index (χ1v) is 6.95. The molecule has 6 heteroatoms. The number of aryl methyl sites for hydroxylation is 1. The van der Waals surface area contributed by atoms with Crippen LogP contribution in [0.5, 0.6) is 0 Å². The number of hydrogen-bond donors (Lipinski definition) is 0. The molecule has 108 valence electrons. The molecule has 0 fully saturated rings. The zero-order chi connectivity index (χ0) is 15.2. The Bertz CT molecular complexity index is 602. The zero-order valence-electron chi connectivity index (χ0n) is 12.2. The van der Waals surface area contributed by atoms with Crippen molar-refractivity contribution in [3.05, 3.63) is 22.2 Å². The summed E-state index contributed by atoms with van der Waals surface area (Å²) in [5.41, 5.74) is 1.22. The Labute approximate surface area is 126 Å². The van der Waals surface area contributed by atoms with E-state index in [-0.39, 0.29) is 5.91 Å². The predicted octanol–water partition coefficient (Wildman–Crippen LogP) is 2.10. The number of esters is 1. The van der Waals surface area contributed by atoms with Gasteiger partial charge in [-0.3, -0.25) is 4.79 Å². The third-order valence-electron chi connectivity index (χ3n) is 3.92. The molecule has 1 aromatic carbocycles. The van der Waals surface area contributed by atoms with Crippen LogP contribution < -0.4 is 9.80 Å². The number of methoxy groups -OCH3 is 1. The molecule has 1 aliphatic heterocycles. The van der Waals surface area contributed by atoms with E-state index < -0.39 is 11.5 Å². The third kappa shape index (κ3) is 1.82. The number of amides is 1. The lowest BCUT2D eigenvalue weighted by Gasteiger charge is -2.45. The van der Waals surface area contributed by atoms with Crippen LogP contribution in [0, 0.1) is 6.92 Å². The Balaban J connectivity index is 2.72. The van der Waals surface area contributed by atoms with Gasteiger partial charge in [-0.25, -0.2) is 4.79 Å². The van der Waals surface area contributed by atoms with Crippen molar-refractivity contribution in [3.8, 4) is 0 Å². The summed E-state index contributed by atoms with van der Waals surface area (Å²) >= 11 is 3.45. The molecule has 0 bridgehead atoms. The van der Waals surface area contributed by atoms with Gasteiger partial charge < -0.3 is 14.5 Å². The molecule has 5 nitrogen and oxygen atoms in total. The first kappa shape index (κ1) is 14.8. The number of carbonyl (C=O) groups is 2. The summed E-state index contributed by atoms with van der Waals surface area (Å²) in [5.74, 6) is -0.870. The standard InChI is InChI=1S/C14H17BrN2O3/c1-8-6-9(15)7-10-11(8)16(3)12(18)14(2,17(10)4)13(19)20-5/h6-7H,1-5H3. The Morgan fingerprint density at radius 3 is 2.50 bits per heavy atom. The van der Waals surface area contributed by atoms with Gasteiger partial charge in [0.25, 0.3) is 5.91 Å². The molecule has 0 N–H and O–H groups in total. The first-order chi connectivity index (χ1) is 9.25. The number of halogens is 1. The van der Waals surface area contributed by atoms with Crippen LogP contribution in [-0.2, 0) is 14.3 Å². The van der Waals surface area contributed by atoms with Crippen molar-refractivity contribution < 1.29 is 14.3 Å². The van der Waals surface area contributed by atoms with Gasteiger partial charge in [0.1, 0.15) is 0 Å². The molecule has 0 saturated carbocycles. The number of nitrogens with zero attached hydrogens (tertiary/aromatic N) is 2. The van der Waals surface area contributed by atoms with Crippen LogP contribution in [0.2, 0.25) is 0 Å². The number of benzene rings is 1. The summed E-state index contributed by atoms with van der Waals surface area (Å²) in [6.45, 7) is 3.51. The second-order valence-electron chi connectivity index (χ2n) is 5.08. The van der Waals surface area contributed by atoms with Crippen molar-refractivity contribution in [1.29, 1.82) is 0 Å². The molecule has 1 aliphatic rings. The van der Waals surface area contributed by atoms with E-state index in [4.69, 9.17) is 4.74 Å². The third-order valence-corrected chi connectivity index (χ3v) is 4.37. The van der Waals surface area contributed by atoms with E-state index in [1.807, 2.05) is 19.1 Å². The van der Waals surface area contributed by atoms with Crippen LogP contribution in [-0.4, -0.2) is 38.6 Å². The quantitative estimate of drug-likeness (QED) is 0.580. The lowest BCUT2D eigenvalue weighted by atomic mass is 9.92. The van der Waals surface area contributed by atoms with Crippen LogP contribution in [0.15, 0.2) is 16.6 Å². The Morgan fingerprint density at radius 2 is 1.95 bits per heavy atom. The molecule has 1 heterocycles. The van der Waals surface area contributed by atoms with Gasteiger partial charge in [0.2, 0.25) is 5.54 Å². The fourth-order valence-corrected chi connectivity index (χ4v) is 3.21. The fraction of sp³-hybridized carbons (Fsp3) is 0.429. The second-order valence-corrected chi connectivity index (χ2v) is 5.99. The summed E-state index contributed by atoms with van der Waals surface area (Å²) in [6.07, 6.45) is 0. The van der Waals surface area contributed by atoms with Crippen molar-refractivity contribution >= 4 is 39.2 Å². The average Bonchev–Trinajstić information content (AvgIpc) is 2.41. The number of carbonyl (C=O) groups excluding carboxylic acids is 2. The molecular weight excluding hydrogens is 324 g/mol. The highest BCUT2D eigenvalue weighted by Gasteiger charge is 2.52. The Kier molecular flexibility index (Phi) is 3.54. The highest BCUT2D eigenvalue weighted by atomic mass is 79.9. The number of rotatable bonds is 1. The highest BCUT2D eigenvalue weighted by Crippen LogP contribution is 2.43. The van der Waals surface area contributed by atoms with E-state index in [0.717, 1.165) is 21.4 Å². The van der Waals surface area contributed by atoms with Gasteiger partial charge in [0.15, 0.2) is 0 Å². The molecule has 0 aromatic heterocycles. The summed E-state index contributed by atoms with van der Waals surface area (Å²) in [6, 6.07) is 3.84. The number of likely N-dealkylation sites (N-methyl/N-ethyl adjacent to an activating group) is 2. The molecule has 20 heavy (non-hydrogen) atoms. The van der Waals surface area contributed by atoms with Crippen LogP contribution in [0.25, 0.3) is 0 Å². The molecule has 0 saturated heterocycles. The smallest absolute Gasteiger partial charge is 0.341 e. The predicted molar refractivity (Wildman–Crippen MR) is 81.1 cm³/mol. The topological polar surface area (TPSA) is 49.9 Å². The van der Waals surface area contributed by atoms with Crippen LogP contribution in [0.3, 0.4) is 0 Å². The Hall–Kier alpha value is -1.56. The van der Waals surface area contributed by atoms with E-state index in [2.05, 4.69) is 15.9 Å². The van der Waals surface area contributed by atoms with Gasteiger partial charge in [0.05, 0.1) is 18.5 Å². The van der Waals surface area contributed by atoms with Gasteiger partial charge in [-0.05, 0) is 31.5 Å². The second kappa shape index (κ2) is 4.77. The molecule has 0 aliphatic carbocycles. The van der Waals surface area contributed by atoms with Gasteiger partial charge in [0, 0.05) is 18.6 Å². The van der Waals surface area contributed by atoms with Crippen LogP contribution >= 0.6 is 15.9 Å². The molecule has 1 amide bonds. The number of anilines is 2. The monoisotopic (exact) mass is 340 g/mol. The SMILES string of the molecule is COC(=O)C1(C)C(=O)N(C)c2c(C)cc(Br)cc2N1C. The number of ether oxygens (including phenoxy) is 1. The maximum atomic E-state index is 12.6. The maximum absolute atomic E-state index is 12.6. The van der Waals surface area contributed by atoms with Crippen molar-refractivity contribution in [2.75, 3.05) is 31.0 Å². The lowest BCUT2D eigenvalue weighted by molar-refractivity contribution is -0.150. The largest absolute Gasteiger partial charge is 0.467 e. The minimum absolute atomic E-state index is 0.301. The molecule has 1 unspecified atom stereocenters. The minimum atomic E-state index is -1.36. The van der Waals surface area contributed by atoms with Crippen molar-refractivity contribution in [2.24, 2.45) is 0 Å². The molecule has 0 radical (unpaired) electrons. The molecule has 2 rings (SSSR count). The summed E-state index contributed by atoms with van der Waals surface area (Å²) in [7, 11) is 4.69. The first-order valence-electron chi connectivity index (χ1n) is 6.15. The summed E-state index contributed by atoms with van der Waals surface area (Å²) < 4.78 is 5.72. The molecule has 1 aromatic rings. The molecular formula is C14H17BrN2O3. The van der Waals surface area contributed by atoms with Gasteiger partial charge in [-0.15, -0.1) is 0 Å². The minimum Gasteiger partial charge on any atom is -0.467 e. The molecule has 0 spiro atoms. The van der Waals surface area contributed by atoms with Crippen molar-refractivity contribution in [2.45, 2.75) is 19.4 Å². The zero-order valence-corrected chi connectivity index (χ0v) is 13.7. The lowest BCUT2D eigenvalue weighted by Crippen LogP contribution is -2.64. The molecule has 1 atom stereocenters. The van der Waals surface area contributed by atoms with E-state index >= 15 is 0 Å². The fourth-order valence-electron chi connectivity index (χ4n) is 2.65. The Morgan fingerprint density at radius 1 is 1.35 bits per heavy atom. The van der Waals surface area contributed by atoms with E-state index in [1.165, 1.54) is 12.0 Å². The van der Waals surface area contributed by atoms with E-state index in [9.17, 15) is 9.59 Å². The summed E-state index contributed by atoms with van der Waals surface area (Å²) in [4.78, 5) is 27.9. The van der Waals surface area contributed by atoms with Gasteiger partial charge in [-0.2, -0.15) is 0 Å². The van der Waals surface area contributed by atoms with E-state index in [1.54, 1.807) is 25.9 Å². The van der Waals surface area contributed by atoms with Crippen molar-refractivity contribution in [3.63, 3.8) is 0 Å². The van der Waals surface area contributed by atoms with Crippen LogP contribution in [0.1, 0.15) is 12.5 Å². The van der Waals surface area contributed by atoms with Crippen LogP contribution in [0.4, 0.5) is 11.4 Å². The van der Waals surface area contributed by atoms with Gasteiger partial charge in [-0.1, -0.05) is 15.9 Å². The van der Waals surface area contributed by atoms with Crippen molar-refractivity contribution in [1.82, 2.24) is 0 Å². The normalized spacial score (nSPS) is 21.8. The van der Waals surface area contributed by atoms with Gasteiger partial charge >= 0.3 is 5.97 Å². The average molecular weight is 341 g/mol. The number of hydrogen-bond acceptors (Lipinski definition) is 4. The van der Waals surface area contributed by atoms with E-state index in [0.29, 0.717) is 0 Å². The highest BCUT2D eigenvalue weighted by molar-refractivity contribution is 9.10.